The predicted octanol–water partition coefficient (Wildman–Crippen LogP) is 3.99. The van der Waals surface area contributed by atoms with Gasteiger partial charge in [-0.1, -0.05) is 31.4 Å². The van der Waals surface area contributed by atoms with Crippen LogP contribution in [-0.2, 0) is 16.6 Å². The normalized spacial score (nSPS) is 20.0. The summed E-state index contributed by atoms with van der Waals surface area (Å²) in [5.41, 5.74) is 1.08. The van der Waals surface area contributed by atoms with Crippen molar-refractivity contribution in [2.45, 2.75) is 55.7 Å². The number of carbonyl (C=O) groups excluding carboxylic acids is 1. The number of amides is 1. The lowest BCUT2D eigenvalue weighted by Crippen LogP contribution is -2.52. The summed E-state index contributed by atoms with van der Waals surface area (Å²) in [6, 6.07) is 11.9. The Morgan fingerprint density at radius 1 is 1.07 bits per heavy atom. The number of hydrogen-bond acceptors (Lipinski definition) is 4. The monoisotopic (exact) mass is 414 g/mol. The SMILES string of the molecule is Cc1cccc([S@@](=O)Cc2ccc(C(=O)N3CCN(C4CCCCC4)CC3)o2)c1. The third-order valence-electron chi connectivity index (χ3n) is 6.09. The summed E-state index contributed by atoms with van der Waals surface area (Å²) in [4.78, 5) is 18.1. The van der Waals surface area contributed by atoms with Crippen molar-refractivity contribution in [1.29, 1.82) is 0 Å². The minimum Gasteiger partial charge on any atom is -0.455 e. The smallest absolute Gasteiger partial charge is 0.289 e. The number of piperazine rings is 1. The van der Waals surface area contributed by atoms with E-state index in [-0.39, 0.29) is 11.7 Å². The first-order chi connectivity index (χ1) is 14.1. The molecule has 1 saturated carbocycles. The molecule has 0 unspecified atom stereocenters. The van der Waals surface area contributed by atoms with Crippen LogP contribution in [-0.4, -0.2) is 52.1 Å². The van der Waals surface area contributed by atoms with Gasteiger partial charge < -0.3 is 9.32 Å². The molecule has 1 aromatic heterocycles. The van der Waals surface area contributed by atoms with Gasteiger partial charge in [0.25, 0.3) is 5.91 Å². The maximum atomic E-state index is 12.8. The van der Waals surface area contributed by atoms with E-state index in [9.17, 15) is 9.00 Å². The van der Waals surface area contributed by atoms with Gasteiger partial charge in [0.05, 0.1) is 16.6 Å². The first-order valence-corrected chi connectivity index (χ1v) is 12.0. The Labute approximate surface area is 175 Å². The maximum absolute atomic E-state index is 12.8. The van der Waals surface area contributed by atoms with E-state index in [0.717, 1.165) is 36.6 Å². The number of furan rings is 1. The zero-order valence-corrected chi connectivity index (χ0v) is 18.0. The molecular weight excluding hydrogens is 384 g/mol. The van der Waals surface area contributed by atoms with Crippen molar-refractivity contribution in [3.05, 3.63) is 53.5 Å². The van der Waals surface area contributed by atoms with Crippen molar-refractivity contribution in [2.75, 3.05) is 26.2 Å². The van der Waals surface area contributed by atoms with Gasteiger partial charge >= 0.3 is 0 Å². The minimum absolute atomic E-state index is 0.0547. The van der Waals surface area contributed by atoms with E-state index in [0.29, 0.717) is 17.6 Å². The zero-order chi connectivity index (χ0) is 20.2. The van der Waals surface area contributed by atoms with Crippen molar-refractivity contribution in [3.63, 3.8) is 0 Å². The Kier molecular flexibility index (Phi) is 6.50. The second kappa shape index (κ2) is 9.26. The Balaban J connectivity index is 1.32. The van der Waals surface area contributed by atoms with Crippen LogP contribution in [0.3, 0.4) is 0 Å². The molecule has 1 amide bonds. The van der Waals surface area contributed by atoms with Gasteiger partial charge in [0.2, 0.25) is 0 Å². The highest BCUT2D eigenvalue weighted by atomic mass is 32.2. The van der Waals surface area contributed by atoms with Crippen molar-refractivity contribution < 1.29 is 13.4 Å². The molecular formula is C23H30N2O3S. The Morgan fingerprint density at radius 3 is 2.55 bits per heavy atom. The average Bonchev–Trinajstić information content (AvgIpc) is 3.22. The highest BCUT2D eigenvalue weighted by Gasteiger charge is 2.28. The van der Waals surface area contributed by atoms with Crippen LogP contribution in [0.15, 0.2) is 45.7 Å². The van der Waals surface area contributed by atoms with Crippen LogP contribution in [0.2, 0.25) is 0 Å². The third kappa shape index (κ3) is 4.98. The van der Waals surface area contributed by atoms with E-state index in [1.165, 1.54) is 32.1 Å². The van der Waals surface area contributed by atoms with Gasteiger partial charge in [-0.25, -0.2) is 0 Å². The lowest BCUT2D eigenvalue weighted by molar-refractivity contribution is 0.0496. The fourth-order valence-electron chi connectivity index (χ4n) is 4.43. The topological polar surface area (TPSA) is 53.8 Å². The summed E-state index contributed by atoms with van der Waals surface area (Å²) >= 11 is 0. The number of aryl methyl sites for hydroxylation is 1. The van der Waals surface area contributed by atoms with Crippen LogP contribution in [0.4, 0.5) is 0 Å². The standard InChI is InChI=1S/C23H30N2O3S/c1-18-6-5-9-21(16-18)29(27)17-20-10-11-22(28-20)23(26)25-14-12-24(13-15-25)19-7-3-2-4-8-19/h5-6,9-11,16,19H,2-4,7-8,12-15,17H2,1H3/t29-/m0/s1. The third-order valence-corrected chi connectivity index (χ3v) is 7.42. The predicted molar refractivity (Wildman–Crippen MR) is 114 cm³/mol. The molecule has 5 nitrogen and oxygen atoms in total. The second-order valence-corrected chi connectivity index (χ2v) is 9.64. The summed E-state index contributed by atoms with van der Waals surface area (Å²) in [6.07, 6.45) is 6.64. The van der Waals surface area contributed by atoms with Crippen LogP contribution in [0.1, 0.15) is 54.0 Å². The maximum Gasteiger partial charge on any atom is 0.289 e. The molecule has 2 heterocycles. The van der Waals surface area contributed by atoms with Crippen molar-refractivity contribution in [3.8, 4) is 0 Å². The van der Waals surface area contributed by atoms with E-state index < -0.39 is 10.8 Å². The summed E-state index contributed by atoms with van der Waals surface area (Å²) < 4.78 is 18.4. The number of hydrogen-bond donors (Lipinski definition) is 0. The zero-order valence-electron chi connectivity index (χ0n) is 17.1. The van der Waals surface area contributed by atoms with Gasteiger partial charge in [0, 0.05) is 37.1 Å². The van der Waals surface area contributed by atoms with Gasteiger partial charge in [-0.3, -0.25) is 13.9 Å². The largest absolute Gasteiger partial charge is 0.455 e. The van der Waals surface area contributed by atoms with Crippen molar-refractivity contribution in [2.24, 2.45) is 0 Å². The molecule has 0 spiro atoms. The fraction of sp³-hybridized carbons (Fsp3) is 0.522. The van der Waals surface area contributed by atoms with E-state index in [1.54, 1.807) is 12.1 Å². The lowest BCUT2D eigenvalue weighted by atomic mass is 9.94. The molecule has 1 aromatic carbocycles. The summed E-state index contributed by atoms with van der Waals surface area (Å²) in [6.45, 7) is 5.38. The molecule has 0 N–H and O–H groups in total. The molecule has 6 heteroatoms. The molecule has 29 heavy (non-hydrogen) atoms. The summed E-state index contributed by atoms with van der Waals surface area (Å²) in [5.74, 6) is 1.17. The second-order valence-electron chi connectivity index (χ2n) is 8.19. The quantitative estimate of drug-likeness (QED) is 0.742. The Bertz CT molecular complexity index is 865. The molecule has 2 aliphatic rings. The van der Waals surface area contributed by atoms with Crippen LogP contribution in [0.5, 0.6) is 0 Å². The molecule has 1 atom stereocenters. The van der Waals surface area contributed by atoms with Gasteiger partial charge in [0.15, 0.2) is 5.76 Å². The molecule has 0 radical (unpaired) electrons. The van der Waals surface area contributed by atoms with Crippen LogP contribution < -0.4 is 0 Å². The molecule has 156 valence electrons. The van der Waals surface area contributed by atoms with E-state index in [4.69, 9.17) is 4.42 Å². The molecule has 4 rings (SSSR count). The number of benzene rings is 1. The molecule has 1 aliphatic carbocycles. The van der Waals surface area contributed by atoms with Gasteiger partial charge in [-0.15, -0.1) is 0 Å². The summed E-state index contributed by atoms with van der Waals surface area (Å²) in [5, 5.41) is 0. The van der Waals surface area contributed by atoms with Crippen LogP contribution in [0, 0.1) is 6.92 Å². The number of rotatable bonds is 5. The van der Waals surface area contributed by atoms with Gasteiger partial charge in [0.1, 0.15) is 5.76 Å². The Hall–Kier alpha value is -1.92. The highest BCUT2D eigenvalue weighted by Crippen LogP contribution is 2.24. The van der Waals surface area contributed by atoms with E-state index in [1.807, 2.05) is 36.1 Å². The average molecular weight is 415 g/mol. The first-order valence-electron chi connectivity index (χ1n) is 10.7. The molecule has 1 saturated heterocycles. The van der Waals surface area contributed by atoms with E-state index in [2.05, 4.69) is 4.90 Å². The fourth-order valence-corrected chi connectivity index (χ4v) is 5.56. The lowest BCUT2D eigenvalue weighted by Gasteiger charge is -2.40. The van der Waals surface area contributed by atoms with Gasteiger partial charge in [-0.05, 0) is 49.6 Å². The van der Waals surface area contributed by atoms with Crippen LogP contribution in [0.25, 0.3) is 0 Å². The Morgan fingerprint density at radius 2 is 1.83 bits per heavy atom. The van der Waals surface area contributed by atoms with E-state index >= 15 is 0 Å². The molecule has 2 aromatic rings. The van der Waals surface area contributed by atoms with Crippen molar-refractivity contribution in [1.82, 2.24) is 9.80 Å². The summed E-state index contributed by atoms with van der Waals surface area (Å²) in [7, 11) is -1.18. The molecule has 1 aliphatic heterocycles. The number of nitrogens with zero attached hydrogens (tertiary/aromatic N) is 2. The van der Waals surface area contributed by atoms with Crippen molar-refractivity contribution >= 4 is 16.7 Å². The molecule has 2 fully saturated rings. The first kappa shape index (κ1) is 20.4. The highest BCUT2D eigenvalue weighted by molar-refractivity contribution is 7.84. The van der Waals surface area contributed by atoms with Crippen LogP contribution >= 0.6 is 0 Å². The van der Waals surface area contributed by atoms with Gasteiger partial charge in [-0.2, -0.15) is 0 Å². The minimum atomic E-state index is -1.18. The molecule has 0 bridgehead atoms. The number of carbonyl (C=O) groups is 1.